The molecule has 6 heteroatoms. The third-order valence-corrected chi connectivity index (χ3v) is 7.85. The predicted molar refractivity (Wildman–Crippen MR) is 157 cm³/mol. The van der Waals surface area contributed by atoms with Crippen molar-refractivity contribution in [3.8, 4) is 11.5 Å². The van der Waals surface area contributed by atoms with Crippen LogP contribution in [-0.2, 0) is 6.42 Å². The standard InChI is InChI=1S/C24H25NO4.C9H6S/c1-17(25(2)3)28-21-13-9-18(10-14-21)23(26)19-11-15-22(16-12-19)29-24(27)20-7-5-4-6-8-20;1-2-4-8-6(3-1)7-5-9(7)10-8/h4-17,23,26H,1-3H3;1-4H,5H2. The van der Waals surface area contributed by atoms with E-state index >= 15 is 0 Å². The van der Waals surface area contributed by atoms with Crippen LogP contribution in [0.5, 0.6) is 11.5 Å². The summed E-state index contributed by atoms with van der Waals surface area (Å²) in [6, 6.07) is 31.7. The van der Waals surface area contributed by atoms with Crippen LogP contribution >= 0.6 is 11.3 Å². The highest BCUT2D eigenvalue weighted by molar-refractivity contribution is 7.20. The number of esters is 1. The monoisotopic (exact) mass is 537 g/mol. The third kappa shape index (κ3) is 6.55. The maximum Gasteiger partial charge on any atom is 0.343 e. The molecule has 1 heterocycles. The average Bonchev–Trinajstić information content (AvgIpc) is 3.64. The minimum absolute atomic E-state index is 0.0445. The summed E-state index contributed by atoms with van der Waals surface area (Å²) in [6.07, 6.45) is 0.438. The highest BCUT2D eigenvalue weighted by Gasteiger charge is 2.22. The van der Waals surface area contributed by atoms with Crippen LogP contribution in [-0.4, -0.2) is 36.3 Å². The predicted octanol–water partition coefficient (Wildman–Crippen LogP) is 7.08. The van der Waals surface area contributed by atoms with Gasteiger partial charge in [-0.25, -0.2) is 4.79 Å². The van der Waals surface area contributed by atoms with Gasteiger partial charge in [-0.1, -0.05) is 60.7 Å². The lowest BCUT2D eigenvalue weighted by Gasteiger charge is -2.21. The second-order valence-corrected chi connectivity index (χ2v) is 10.8. The molecule has 2 atom stereocenters. The number of aliphatic hydroxyl groups is 1. The first-order valence-electron chi connectivity index (χ1n) is 12.9. The van der Waals surface area contributed by atoms with Gasteiger partial charge in [0.15, 0.2) is 0 Å². The number of benzene rings is 4. The highest BCUT2D eigenvalue weighted by Crippen LogP contribution is 2.43. The molecular weight excluding hydrogens is 506 g/mol. The molecule has 1 N–H and O–H groups in total. The van der Waals surface area contributed by atoms with Crippen molar-refractivity contribution >= 4 is 27.4 Å². The van der Waals surface area contributed by atoms with Gasteiger partial charge in [-0.15, -0.1) is 11.3 Å². The number of fused-ring (bicyclic) bond motifs is 3. The zero-order valence-corrected chi connectivity index (χ0v) is 23.0. The van der Waals surface area contributed by atoms with Crippen molar-refractivity contribution in [1.29, 1.82) is 0 Å². The largest absolute Gasteiger partial charge is 0.475 e. The van der Waals surface area contributed by atoms with Gasteiger partial charge < -0.3 is 14.6 Å². The number of rotatable bonds is 7. The molecule has 0 spiro atoms. The van der Waals surface area contributed by atoms with Crippen LogP contribution in [0.15, 0.2) is 103 Å². The van der Waals surface area contributed by atoms with Gasteiger partial charge in [0, 0.05) is 16.0 Å². The molecule has 6 rings (SSSR count). The van der Waals surface area contributed by atoms with Crippen LogP contribution < -0.4 is 9.47 Å². The SMILES string of the molecule is CC(Oc1ccc(C(O)c2ccc(OC(=O)c3ccccc3)cc2)cc1)N(C)C.c1ccc2c3c(sc2c1)C3. The van der Waals surface area contributed by atoms with Crippen molar-refractivity contribution in [2.24, 2.45) is 0 Å². The summed E-state index contributed by atoms with van der Waals surface area (Å²) in [5.41, 5.74) is 3.55. The molecule has 0 saturated carbocycles. The fourth-order valence-electron chi connectivity index (χ4n) is 4.08. The summed E-state index contributed by atoms with van der Waals surface area (Å²) >= 11 is 1.94. The number of hydrogen-bond donors (Lipinski definition) is 1. The van der Waals surface area contributed by atoms with Crippen LogP contribution in [0.4, 0.5) is 0 Å². The van der Waals surface area contributed by atoms with Gasteiger partial charge in [-0.05, 0) is 85.6 Å². The summed E-state index contributed by atoms with van der Waals surface area (Å²) in [7, 11) is 3.90. The van der Waals surface area contributed by atoms with Crippen LogP contribution in [0, 0.1) is 0 Å². The number of aliphatic hydroxyl groups excluding tert-OH is 1. The van der Waals surface area contributed by atoms with Gasteiger partial charge in [-0.3, -0.25) is 4.90 Å². The Morgan fingerprint density at radius 1 is 0.821 bits per heavy atom. The van der Waals surface area contributed by atoms with Crippen molar-refractivity contribution in [3.63, 3.8) is 0 Å². The molecule has 1 aromatic heterocycles. The molecule has 198 valence electrons. The van der Waals surface area contributed by atoms with Gasteiger partial charge in [0.25, 0.3) is 0 Å². The summed E-state index contributed by atoms with van der Waals surface area (Å²) in [5.74, 6) is 0.753. The first-order valence-corrected chi connectivity index (χ1v) is 13.7. The minimum Gasteiger partial charge on any atom is -0.475 e. The molecule has 0 fully saturated rings. The van der Waals surface area contributed by atoms with Crippen LogP contribution in [0.25, 0.3) is 10.1 Å². The fraction of sp³-hybridized carbons (Fsp3) is 0.182. The summed E-state index contributed by atoms with van der Waals surface area (Å²) in [4.78, 5) is 15.7. The molecule has 0 saturated heterocycles. The van der Waals surface area contributed by atoms with Gasteiger partial charge >= 0.3 is 5.97 Å². The van der Waals surface area contributed by atoms with Crippen LogP contribution in [0.1, 0.15) is 45.0 Å². The van der Waals surface area contributed by atoms with Crippen molar-refractivity contribution < 1.29 is 19.4 Å². The maximum atomic E-state index is 12.1. The Morgan fingerprint density at radius 3 is 2.03 bits per heavy atom. The van der Waals surface area contributed by atoms with Gasteiger partial charge in [0.1, 0.15) is 23.8 Å². The van der Waals surface area contributed by atoms with E-state index in [-0.39, 0.29) is 6.23 Å². The molecule has 1 aliphatic carbocycles. The Hall–Kier alpha value is -3.97. The minimum atomic E-state index is -0.783. The van der Waals surface area contributed by atoms with Crippen molar-refractivity contribution in [2.45, 2.75) is 25.7 Å². The van der Waals surface area contributed by atoms with E-state index < -0.39 is 12.1 Å². The lowest BCUT2D eigenvalue weighted by atomic mass is 10.0. The molecule has 4 aromatic carbocycles. The molecule has 0 amide bonds. The molecule has 1 aliphatic rings. The van der Waals surface area contributed by atoms with E-state index in [0.717, 1.165) is 11.3 Å². The molecular formula is C33H31NO4S. The van der Waals surface area contributed by atoms with Crippen LogP contribution in [0.3, 0.4) is 0 Å². The van der Waals surface area contributed by atoms with E-state index in [9.17, 15) is 9.90 Å². The second kappa shape index (κ2) is 11.8. The topological polar surface area (TPSA) is 59.0 Å². The smallest absolute Gasteiger partial charge is 0.343 e. The Kier molecular flexibility index (Phi) is 8.07. The summed E-state index contributed by atoms with van der Waals surface area (Å²) in [5, 5.41) is 12.1. The highest BCUT2D eigenvalue weighted by atomic mass is 32.1. The Labute approximate surface area is 232 Å². The summed E-state index contributed by atoms with van der Waals surface area (Å²) in [6.45, 7) is 1.97. The zero-order chi connectivity index (χ0) is 27.4. The molecule has 0 radical (unpaired) electrons. The number of carbonyl (C=O) groups excluding carboxylic acids is 1. The lowest BCUT2D eigenvalue weighted by Crippen LogP contribution is -2.30. The second-order valence-electron chi connectivity index (χ2n) is 9.65. The van der Waals surface area contributed by atoms with E-state index in [1.807, 2.05) is 67.6 Å². The van der Waals surface area contributed by atoms with E-state index in [0.29, 0.717) is 16.9 Å². The van der Waals surface area contributed by atoms with Crippen molar-refractivity contribution in [3.05, 3.63) is 130 Å². The molecule has 39 heavy (non-hydrogen) atoms. The fourth-order valence-corrected chi connectivity index (χ4v) is 5.24. The maximum absolute atomic E-state index is 12.1. The van der Waals surface area contributed by atoms with Gasteiger partial charge in [0.05, 0.1) is 5.56 Å². The number of nitrogens with zero attached hydrogens (tertiary/aromatic N) is 1. The average molecular weight is 538 g/mol. The van der Waals surface area contributed by atoms with E-state index in [4.69, 9.17) is 9.47 Å². The van der Waals surface area contributed by atoms with Gasteiger partial charge in [-0.2, -0.15) is 0 Å². The zero-order valence-electron chi connectivity index (χ0n) is 22.2. The summed E-state index contributed by atoms with van der Waals surface area (Å²) < 4.78 is 12.6. The number of hydrogen-bond acceptors (Lipinski definition) is 6. The number of carbonyl (C=O) groups is 1. The number of ether oxygens (including phenoxy) is 2. The normalized spacial score (nSPS) is 13.2. The van der Waals surface area contributed by atoms with Gasteiger partial charge in [0.2, 0.25) is 0 Å². The first kappa shape index (κ1) is 26.6. The van der Waals surface area contributed by atoms with Crippen molar-refractivity contribution in [2.75, 3.05) is 14.1 Å². The molecule has 2 unspecified atom stereocenters. The molecule has 0 aliphatic heterocycles. The Bertz CT molecular complexity index is 1540. The van der Waals surface area contributed by atoms with E-state index in [1.54, 1.807) is 59.0 Å². The number of thiophene rings is 1. The van der Waals surface area contributed by atoms with Crippen LogP contribution in [0.2, 0.25) is 0 Å². The Morgan fingerprint density at radius 2 is 1.41 bits per heavy atom. The Balaban J connectivity index is 0.000000252. The van der Waals surface area contributed by atoms with E-state index in [1.165, 1.54) is 16.5 Å². The van der Waals surface area contributed by atoms with E-state index in [2.05, 4.69) is 24.3 Å². The first-order chi connectivity index (χ1) is 18.9. The third-order valence-electron chi connectivity index (χ3n) is 6.64. The quantitative estimate of drug-likeness (QED) is 0.134. The van der Waals surface area contributed by atoms with Crippen molar-refractivity contribution in [1.82, 2.24) is 4.90 Å². The molecule has 5 aromatic rings. The molecule has 5 nitrogen and oxygen atoms in total. The lowest BCUT2D eigenvalue weighted by molar-refractivity contribution is 0.0734. The molecule has 0 bridgehead atoms.